The van der Waals surface area contributed by atoms with Gasteiger partial charge in [-0.1, -0.05) is 0 Å². The van der Waals surface area contributed by atoms with Crippen molar-refractivity contribution >= 4 is 6.21 Å². The number of alkyl halides is 1. The van der Waals surface area contributed by atoms with Crippen LogP contribution in [-0.2, 0) is 0 Å². The SMILES string of the molecule is N=CC(=C[NH2+]CCCCF)[N+](=O)[O-]. The molecule has 0 aromatic rings. The van der Waals surface area contributed by atoms with Gasteiger partial charge >= 0.3 is 5.70 Å². The second-order valence-electron chi connectivity index (χ2n) is 2.41. The number of quaternary nitrogens is 1. The number of nitrogens with two attached hydrogens (primary N) is 1. The Hall–Kier alpha value is -1.30. The van der Waals surface area contributed by atoms with Crippen molar-refractivity contribution < 1.29 is 14.6 Å². The molecular formula is C7H13FN3O2+. The molecule has 0 aliphatic carbocycles. The van der Waals surface area contributed by atoms with Crippen molar-refractivity contribution in [3.05, 3.63) is 22.0 Å². The van der Waals surface area contributed by atoms with Crippen LogP contribution in [-0.4, -0.2) is 24.4 Å². The number of nitro groups is 1. The van der Waals surface area contributed by atoms with Crippen molar-refractivity contribution in [3.8, 4) is 0 Å². The minimum atomic E-state index is -0.626. The minimum Gasteiger partial charge on any atom is -0.314 e. The van der Waals surface area contributed by atoms with Crippen LogP contribution < -0.4 is 5.32 Å². The predicted octanol–water partition coefficient (Wildman–Crippen LogP) is 0.0672. The maximum absolute atomic E-state index is 11.6. The molecule has 0 radical (unpaired) electrons. The van der Waals surface area contributed by atoms with E-state index in [9.17, 15) is 14.5 Å². The average Bonchev–Trinajstić information content (AvgIpc) is 2.10. The number of nitrogens with zero attached hydrogens (tertiary/aromatic N) is 1. The van der Waals surface area contributed by atoms with Crippen molar-refractivity contribution in [2.75, 3.05) is 13.2 Å². The number of rotatable bonds is 7. The first-order valence-corrected chi connectivity index (χ1v) is 3.96. The van der Waals surface area contributed by atoms with Gasteiger partial charge in [0.2, 0.25) is 0 Å². The summed E-state index contributed by atoms with van der Waals surface area (Å²) in [7, 11) is 0. The standard InChI is InChI=1S/C7H12FN3O2/c8-3-1-2-4-10-6-7(5-9)11(12)13/h5-6,9-10H,1-4H2/p+1. The molecule has 0 unspecified atom stereocenters. The van der Waals surface area contributed by atoms with E-state index in [1.165, 1.54) is 6.20 Å². The molecular weight excluding hydrogens is 177 g/mol. The lowest BCUT2D eigenvalue weighted by Gasteiger charge is -1.92. The highest BCUT2D eigenvalue weighted by Crippen LogP contribution is 1.86. The average molecular weight is 190 g/mol. The molecule has 0 bridgehead atoms. The van der Waals surface area contributed by atoms with Crippen molar-refractivity contribution in [1.29, 1.82) is 5.41 Å². The van der Waals surface area contributed by atoms with Crippen molar-refractivity contribution in [2.45, 2.75) is 12.8 Å². The van der Waals surface area contributed by atoms with Gasteiger partial charge in [-0.25, -0.2) is 0 Å². The zero-order chi connectivity index (χ0) is 10.1. The third-order valence-corrected chi connectivity index (χ3v) is 1.40. The molecule has 0 rings (SSSR count). The monoisotopic (exact) mass is 190 g/mol. The molecule has 5 nitrogen and oxygen atoms in total. The first kappa shape index (κ1) is 11.7. The van der Waals surface area contributed by atoms with Crippen LogP contribution in [0.5, 0.6) is 0 Å². The fourth-order valence-electron chi connectivity index (χ4n) is 0.722. The summed E-state index contributed by atoms with van der Waals surface area (Å²) in [6, 6.07) is 0. The van der Waals surface area contributed by atoms with E-state index in [-0.39, 0.29) is 12.4 Å². The number of hydrogen-bond acceptors (Lipinski definition) is 3. The highest BCUT2D eigenvalue weighted by Gasteiger charge is 2.06. The maximum atomic E-state index is 11.6. The number of unbranched alkanes of at least 4 members (excludes halogenated alkanes) is 1. The van der Waals surface area contributed by atoms with E-state index in [4.69, 9.17) is 5.41 Å². The van der Waals surface area contributed by atoms with Crippen molar-refractivity contribution in [2.24, 2.45) is 0 Å². The Balaban J connectivity index is 3.68. The highest BCUT2D eigenvalue weighted by atomic mass is 19.1. The molecule has 0 amide bonds. The number of hydrogen-bond donors (Lipinski definition) is 2. The van der Waals surface area contributed by atoms with E-state index in [1.54, 1.807) is 5.32 Å². The molecule has 0 saturated carbocycles. The second-order valence-corrected chi connectivity index (χ2v) is 2.41. The second kappa shape index (κ2) is 7.35. The predicted molar refractivity (Wildman–Crippen MR) is 45.9 cm³/mol. The summed E-state index contributed by atoms with van der Waals surface area (Å²) in [5.41, 5.74) is -0.250. The maximum Gasteiger partial charge on any atom is 0.338 e. The number of allylic oxidation sites excluding steroid dienone is 1. The van der Waals surface area contributed by atoms with Gasteiger partial charge in [0, 0.05) is 0 Å². The van der Waals surface area contributed by atoms with Crippen LogP contribution in [0.4, 0.5) is 4.39 Å². The van der Waals surface area contributed by atoms with Crippen LogP contribution in [0.1, 0.15) is 12.8 Å². The lowest BCUT2D eigenvalue weighted by molar-refractivity contribution is -0.596. The molecule has 13 heavy (non-hydrogen) atoms. The fraction of sp³-hybridized carbons (Fsp3) is 0.571. The van der Waals surface area contributed by atoms with Gasteiger partial charge in [-0.3, -0.25) is 14.5 Å². The largest absolute Gasteiger partial charge is 0.338 e. The summed E-state index contributed by atoms with van der Waals surface area (Å²) in [5, 5.41) is 18.4. The Morgan fingerprint density at radius 2 is 2.31 bits per heavy atom. The Kier molecular flexibility index (Phi) is 6.62. The molecule has 6 heteroatoms. The lowest BCUT2D eigenvalue weighted by Crippen LogP contribution is -2.78. The van der Waals surface area contributed by atoms with Gasteiger partial charge in [0.05, 0.1) is 18.1 Å². The third-order valence-electron chi connectivity index (χ3n) is 1.40. The topological polar surface area (TPSA) is 83.6 Å². The lowest BCUT2D eigenvalue weighted by atomic mass is 10.3. The summed E-state index contributed by atoms with van der Waals surface area (Å²) >= 11 is 0. The summed E-state index contributed by atoms with van der Waals surface area (Å²) in [4.78, 5) is 9.53. The van der Waals surface area contributed by atoms with Crippen molar-refractivity contribution in [3.63, 3.8) is 0 Å². The number of halogens is 1. The van der Waals surface area contributed by atoms with Gasteiger partial charge in [0.1, 0.15) is 6.21 Å². The molecule has 0 aromatic heterocycles. The molecule has 0 saturated heterocycles. The first-order chi connectivity index (χ1) is 6.22. The van der Waals surface area contributed by atoms with Gasteiger partial charge in [-0.2, -0.15) is 0 Å². The summed E-state index contributed by atoms with van der Waals surface area (Å²) in [5.74, 6) is 0. The van der Waals surface area contributed by atoms with Gasteiger partial charge in [0.15, 0.2) is 6.20 Å². The Morgan fingerprint density at radius 3 is 2.77 bits per heavy atom. The molecule has 3 N–H and O–H groups in total. The summed E-state index contributed by atoms with van der Waals surface area (Å²) in [6.45, 7) is 0.249. The van der Waals surface area contributed by atoms with Gasteiger partial charge in [-0.15, -0.1) is 0 Å². The Morgan fingerprint density at radius 1 is 1.62 bits per heavy atom. The molecule has 0 heterocycles. The Labute approximate surface area is 75.3 Å². The Bertz CT molecular complexity index is 206. The van der Waals surface area contributed by atoms with Crippen LogP contribution in [0.2, 0.25) is 0 Å². The summed E-state index contributed by atoms with van der Waals surface area (Å²) < 4.78 is 11.6. The zero-order valence-electron chi connectivity index (χ0n) is 7.20. The van der Waals surface area contributed by atoms with Crippen LogP contribution in [0.25, 0.3) is 0 Å². The van der Waals surface area contributed by atoms with E-state index in [0.29, 0.717) is 25.6 Å². The highest BCUT2D eigenvalue weighted by molar-refractivity contribution is 5.71. The first-order valence-electron chi connectivity index (χ1n) is 3.96. The quantitative estimate of drug-likeness (QED) is 0.257. The molecule has 0 fully saturated rings. The number of nitrogens with one attached hydrogen (secondary N) is 1. The van der Waals surface area contributed by atoms with E-state index >= 15 is 0 Å². The van der Waals surface area contributed by atoms with Crippen LogP contribution in [0, 0.1) is 15.5 Å². The molecule has 74 valence electrons. The summed E-state index contributed by atoms with van der Waals surface area (Å²) in [6.07, 6.45) is 3.11. The molecule has 0 aliphatic heterocycles. The van der Waals surface area contributed by atoms with E-state index in [1.807, 2.05) is 0 Å². The van der Waals surface area contributed by atoms with E-state index < -0.39 is 4.92 Å². The van der Waals surface area contributed by atoms with Gasteiger partial charge in [-0.05, 0) is 12.8 Å². The van der Waals surface area contributed by atoms with Crippen LogP contribution >= 0.6 is 0 Å². The van der Waals surface area contributed by atoms with E-state index in [2.05, 4.69) is 0 Å². The molecule has 0 spiro atoms. The van der Waals surface area contributed by atoms with Gasteiger partial charge in [0.25, 0.3) is 0 Å². The van der Waals surface area contributed by atoms with Crippen LogP contribution in [0.15, 0.2) is 11.9 Å². The third kappa shape index (κ3) is 5.92. The molecule has 0 atom stereocenters. The van der Waals surface area contributed by atoms with Crippen LogP contribution in [0.3, 0.4) is 0 Å². The van der Waals surface area contributed by atoms with Crippen molar-refractivity contribution in [1.82, 2.24) is 0 Å². The normalized spacial score (nSPS) is 11.3. The fourth-order valence-corrected chi connectivity index (χ4v) is 0.722. The molecule has 0 aliphatic rings. The minimum absolute atomic E-state index is 0.250. The van der Waals surface area contributed by atoms with Gasteiger partial charge < -0.3 is 10.7 Å². The smallest absolute Gasteiger partial charge is 0.314 e. The molecule has 0 aromatic carbocycles. The van der Waals surface area contributed by atoms with E-state index in [0.717, 1.165) is 0 Å². The zero-order valence-corrected chi connectivity index (χ0v) is 7.20.